The number of guanidine groups is 1. The average Bonchev–Trinajstić information content (AvgIpc) is 3.25. The third-order valence-electron chi connectivity index (χ3n) is 5.60. The number of aliphatic imine (C=N–C) groups is 1. The number of nitrogens with zero attached hydrogens (tertiary/aromatic N) is 4. The van der Waals surface area contributed by atoms with Crippen molar-refractivity contribution < 1.29 is 0 Å². The molecule has 0 fully saturated rings. The predicted octanol–water partition coefficient (Wildman–Crippen LogP) is 3.90. The molecule has 0 amide bonds. The van der Waals surface area contributed by atoms with Gasteiger partial charge in [0, 0.05) is 44.6 Å². The van der Waals surface area contributed by atoms with Crippen molar-refractivity contribution in [2.45, 2.75) is 45.9 Å². The summed E-state index contributed by atoms with van der Waals surface area (Å²) >= 11 is 0. The lowest BCUT2D eigenvalue weighted by Crippen LogP contribution is -2.40. The monoisotopic (exact) mass is 432 g/mol. The van der Waals surface area contributed by atoms with Crippen LogP contribution in [0.25, 0.3) is 0 Å². The van der Waals surface area contributed by atoms with Crippen molar-refractivity contribution in [1.29, 1.82) is 0 Å². The molecule has 3 rings (SSSR count). The standard InChI is InChI=1S/C26H36N6/c1-4-27-26(29-16-15-22(2)31(3)20-23-11-7-5-8-12-23)30-19-25-28-17-18-32(25)21-24-13-9-6-10-14-24/h5-14,17-18,22H,4,15-16,19-21H2,1-3H3,(H2,27,29,30). The summed E-state index contributed by atoms with van der Waals surface area (Å²) in [7, 11) is 2.18. The normalized spacial score (nSPS) is 12.7. The molecule has 2 N–H and O–H groups in total. The maximum atomic E-state index is 4.77. The first-order valence-corrected chi connectivity index (χ1v) is 11.5. The zero-order valence-electron chi connectivity index (χ0n) is 19.5. The number of hydrogen-bond donors (Lipinski definition) is 2. The van der Waals surface area contributed by atoms with E-state index in [2.05, 4.69) is 101 Å². The first kappa shape index (κ1) is 23.5. The molecule has 1 heterocycles. The maximum Gasteiger partial charge on any atom is 0.191 e. The van der Waals surface area contributed by atoms with Crippen LogP contribution in [0.5, 0.6) is 0 Å². The van der Waals surface area contributed by atoms with Crippen molar-refractivity contribution in [2.24, 2.45) is 4.99 Å². The van der Waals surface area contributed by atoms with Crippen LogP contribution in [0.3, 0.4) is 0 Å². The van der Waals surface area contributed by atoms with Crippen molar-refractivity contribution in [3.05, 3.63) is 90.0 Å². The molecular formula is C26H36N6. The van der Waals surface area contributed by atoms with E-state index in [9.17, 15) is 0 Å². The lowest BCUT2D eigenvalue weighted by Gasteiger charge is -2.25. The molecule has 0 aliphatic heterocycles. The Hall–Kier alpha value is -3.12. The van der Waals surface area contributed by atoms with Gasteiger partial charge in [-0.2, -0.15) is 0 Å². The highest BCUT2D eigenvalue weighted by Gasteiger charge is 2.10. The number of nitrogens with one attached hydrogen (secondary N) is 2. The van der Waals surface area contributed by atoms with Gasteiger partial charge in [0.2, 0.25) is 0 Å². The quantitative estimate of drug-likeness (QED) is 0.356. The number of aromatic nitrogens is 2. The van der Waals surface area contributed by atoms with E-state index >= 15 is 0 Å². The molecule has 6 heteroatoms. The first-order chi connectivity index (χ1) is 15.7. The minimum atomic E-state index is 0.468. The number of imidazole rings is 1. The molecular weight excluding hydrogens is 396 g/mol. The van der Waals surface area contributed by atoms with Gasteiger partial charge in [-0.25, -0.2) is 9.98 Å². The van der Waals surface area contributed by atoms with E-state index in [0.717, 1.165) is 44.4 Å². The van der Waals surface area contributed by atoms with Gasteiger partial charge >= 0.3 is 0 Å². The molecule has 1 aromatic heterocycles. The third-order valence-corrected chi connectivity index (χ3v) is 5.60. The first-order valence-electron chi connectivity index (χ1n) is 11.5. The molecule has 0 aliphatic rings. The topological polar surface area (TPSA) is 57.5 Å². The van der Waals surface area contributed by atoms with E-state index in [4.69, 9.17) is 4.99 Å². The number of benzene rings is 2. The van der Waals surface area contributed by atoms with Gasteiger partial charge < -0.3 is 15.2 Å². The zero-order valence-corrected chi connectivity index (χ0v) is 19.5. The van der Waals surface area contributed by atoms with E-state index in [1.807, 2.05) is 18.5 Å². The largest absolute Gasteiger partial charge is 0.357 e. The van der Waals surface area contributed by atoms with E-state index in [1.54, 1.807) is 0 Å². The highest BCUT2D eigenvalue weighted by molar-refractivity contribution is 5.79. The summed E-state index contributed by atoms with van der Waals surface area (Å²) in [4.78, 5) is 11.7. The molecule has 2 aromatic carbocycles. The lowest BCUT2D eigenvalue weighted by atomic mass is 10.1. The van der Waals surface area contributed by atoms with E-state index in [1.165, 1.54) is 11.1 Å². The molecule has 170 valence electrons. The van der Waals surface area contributed by atoms with Crippen LogP contribution >= 0.6 is 0 Å². The molecule has 0 radical (unpaired) electrons. The van der Waals surface area contributed by atoms with Gasteiger partial charge in [-0.1, -0.05) is 60.7 Å². The second-order valence-corrected chi connectivity index (χ2v) is 8.12. The predicted molar refractivity (Wildman–Crippen MR) is 133 cm³/mol. The van der Waals surface area contributed by atoms with Crippen LogP contribution in [0, 0.1) is 0 Å². The summed E-state index contributed by atoms with van der Waals surface area (Å²) in [6.07, 6.45) is 4.90. The Balaban J connectivity index is 1.49. The third kappa shape index (κ3) is 7.54. The molecule has 0 bridgehead atoms. The van der Waals surface area contributed by atoms with Crippen LogP contribution in [0.15, 0.2) is 78.0 Å². The highest BCUT2D eigenvalue weighted by atomic mass is 15.2. The van der Waals surface area contributed by atoms with Crippen molar-refractivity contribution >= 4 is 5.96 Å². The van der Waals surface area contributed by atoms with Gasteiger partial charge in [-0.05, 0) is 38.4 Å². The van der Waals surface area contributed by atoms with Crippen molar-refractivity contribution in [1.82, 2.24) is 25.1 Å². The Kier molecular flexibility index (Phi) is 9.32. The summed E-state index contributed by atoms with van der Waals surface area (Å²) < 4.78 is 2.16. The van der Waals surface area contributed by atoms with Crippen LogP contribution < -0.4 is 10.6 Å². The molecule has 32 heavy (non-hydrogen) atoms. The second-order valence-electron chi connectivity index (χ2n) is 8.12. The Morgan fingerprint density at radius 2 is 1.72 bits per heavy atom. The summed E-state index contributed by atoms with van der Waals surface area (Å²) in [6, 6.07) is 21.5. The minimum absolute atomic E-state index is 0.468. The van der Waals surface area contributed by atoms with E-state index < -0.39 is 0 Å². The Morgan fingerprint density at radius 3 is 2.41 bits per heavy atom. The SMILES string of the molecule is CCNC(=NCc1nccn1Cc1ccccc1)NCCC(C)N(C)Cc1ccccc1. The van der Waals surface area contributed by atoms with Crippen LogP contribution in [0.2, 0.25) is 0 Å². The Bertz CT molecular complexity index is 935. The molecule has 3 aromatic rings. The molecule has 0 spiro atoms. The fourth-order valence-electron chi connectivity index (χ4n) is 3.55. The van der Waals surface area contributed by atoms with Gasteiger partial charge in [-0.3, -0.25) is 4.90 Å². The van der Waals surface area contributed by atoms with Crippen LogP contribution in [-0.2, 0) is 19.6 Å². The van der Waals surface area contributed by atoms with Crippen LogP contribution in [-0.4, -0.2) is 46.6 Å². The van der Waals surface area contributed by atoms with Gasteiger partial charge in [-0.15, -0.1) is 0 Å². The summed E-state index contributed by atoms with van der Waals surface area (Å²) in [5.74, 6) is 1.79. The zero-order chi connectivity index (χ0) is 22.6. The summed E-state index contributed by atoms with van der Waals surface area (Å²) in [5.41, 5.74) is 2.60. The van der Waals surface area contributed by atoms with Gasteiger partial charge in [0.15, 0.2) is 5.96 Å². The molecule has 6 nitrogen and oxygen atoms in total. The lowest BCUT2D eigenvalue weighted by molar-refractivity contribution is 0.238. The molecule has 0 saturated carbocycles. The average molecular weight is 433 g/mol. The van der Waals surface area contributed by atoms with E-state index in [0.29, 0.717) is 12.6 Å². The summed E-state index contributed by atoms with van der Waals surface area (Å²) in [6.45, 7) is 8.36. The fourth-order valence-corrected chi connectivity index (χ4v) is 3.55. The molecule has 1 unspecified atom stereocenters. The fraction of sp³-hybridized carbons (Fsp3) is 0.385. The van der Waals surface area contributed by atoms with Crippen molar-refractivity contribution in [3.63, 3.8) is 0 Å². The van der Waals surface area contributed by atoms with Crippen LogP contribution in [0.4, 0.5) is 0 Å². The van der Waals surface area contributed by atoms with E-state index in [-0.39, 0.29) is 0 Å². The van der Waals surface area contributed by atoms with Crippen LogP contribution in [0.1, 0.15) is 37.2 Å². The second kappa shape index (κ2) is 12.7. The van der Waals surface area contributed by atoms with Gasteiger partial charge in [0.05, 0.1) is 0 Å². The molecule has 1 atom stereocenters. The van der Waals surface area contributed by atoms with Crippen molar-refractivity contribution in [3.8, 4) is 0 Å². The Morgan fingerprint density at radius 1 is 1.03 bits per heavy atom. The minimum Gasteiger partial charge on any atom is -0.357 e. The maximum absolute atomic E-state index is 4.77. The smallest absolute Gasteiger partial charge is 0.191 e. The molecule has 0 saturated heterocycles. The highest BCUT2D eigenvalue weighted by Crippen LogP contribution is 2.08. The Labute approximate surface area is 192 Å². The number of rotatable bonds is 11. The summed E-state index contributed by atoms with van der Waals surface area (Å²) in [5, 5.41) is 6.82. The van der Waals surface area contributed by atoms with Gasteiger partial charge in [0.25, 0.3) is 0 Å². The molecule has 0 aliphatic carbocycles. The van der Waals surface area contributed by atoms with Gasteiger partial charge in [0.1, 0.15) is 12.4 Å². The number of hydrogen-bond acceptors (Lipinski definition) is 3. The van der Waals surface area contributed by atoms with Crippen molar-refractivity contribution in [2.75, 3.05) is 20.1 Å².